The maximum atomic E-state index is 12.6. The van der Waals surface area contributed by atoms with Crippen molar-refractivity contribution in [2.45, 2.75) is 32.6 Å². The Morgan fingerprint density at radius 3 is 2.76 bits per heavy atom. The molecule has 0 spiro atoms. The number of rotatable bonds is 5. The highest BCUT2D eigenvalue weighted by atomic mass is 16.5. The molecule has 2 N–H and O–H groups in total. The van der Waals surface area contributed by atoms with Gasteiger partial charge in [0, 0.05) is 38.1 Å². The van der Waals surface area contributed by atoms with Gasteiger partial charge in [-0.2, -0.15) is 0 Å². The second-order valence-corrected chi connectivity index (χ2v) is 5.71. The van der Waals surface area contributed by atoms with E-state index in [0.717, 1.165) is 51.1 Å². The Hall–Kier alpha value is -1.62. The van der Waals surface area contributed by atoms with Crippen molar-refractivity contribution in [1.29, 1.82) is 0 Å². The van der Waals surface area contributed by atoms with Gasteiger partial charge in [0.1, 0.15) is 5.82 Å². The first kappa shape index (κ1) is 15.8. The van der Waals surface area contributed by atoms with E-state index in [9.17, 15) is 4.79 Å². The molecule has 0 atom stereocenters. The van der Waals surface area contributed by atoms with Crippen LogP contribution in [0.3, 0.4) is 0 Å². The monoisotopic (exact) mass is 291 g/mol. The van der Waals surface area contributed by atoms with Crippen molar-refractivity contribution < 1.29 is 9.53 Å². The SMILES string of the molecule is CCCc1cc(C(=O)N2CCC(COC)CC2)cc(N)n1. The molecule has 2 heterocycles. The Kier molecular flexibility index (Phi) is 5.56. The fraction of sp³-hybridized carbons (Fsp3) is 0.625. The Morgan fingerprint density at radius 1 is 1.43 bits per heavy atom. The number of nitrogens with zero attached hydrogens (tertiary/aromatic N) is 2. The summed E-state index contributed by atoms with van der Waals surface area (Å²) in [6, 6.07) is 3.56. The molecule has 0 aromatic carbocycles. The standard InChI is InChI=1S/C16H25N3O2/c1-3-4-14-9-13(10-15(17)18-14)16(20)19-7-5-12(6-8-19)11-21-2/h9-10,12H,3-8,11H2,1-2H3,(H2,17,18). The van der Waals surface area contributed by atoms with E-state index in [4.69, 9.17) is 10.5 Å². The molecule has 0 aliphatic carbocycles. The van der Waals surface area contributed by atoms with Crippen LogP contribution in [0.1, 0.15) is 42.2 Å². The molecular weight excluding hydrogens is 266 g/mol. The lowest BCUT2D eigenvalue weighted by Gasteiger charge is -2.31. The number of nitrogens with two attached hydrogens (primary N) is 1. The minimum absolute atomic E-state index is 0.0670. The topological polar surface area (TPSA) is 68.5 Å². The molecule has 1 saturated heterocycles. The molecule has 0 saturated carbocycles. The van der Waals surface area contributed by atoms with Gasteiger partial charge < -0.3 is 15.4 Å². The lowest BCUT2D eigenvalue weighted by Crippen LogP contribution is -2.39. The summed E-state index contributed by atoms with van der Waals surface area (Å²) in [6.07, 6.45) is 3.84. The summed E-state index contributed by atoms with van der Waals surface area (Å²) < 4.78 is 5.19. The lowest BCUT2D eigenvalue weighted by molar-refractivity contribution is 0.0613. The van der Waals surface area contributed by atoms with Crippen molar-refractivity contribution in [2.24, 2.45) is 5.92 Å². The zero-order chi connectivity index (χ0) is 15.2. The van der Waals surface area contributed by atoms with Gasteiger partial charge >= 0.3 is 0 Å². The number of carbonyl (C=O) groups excluding carboxylic acids is 1. The van der Waals surface area contributed by atoms with Crippen LogP contribution >= 0.6 is 0 Å². The third-order valence-corrected chi connectivity index (χ3v) is 3.96. The first-order chi connectivity index (χ1) is 10.1. The van der Waals surface area contributed by atoms with E-state index < -0.39 is 0 Å². The van der Waals surface area contributed by atoms with Crippen LogP contribution in [0.15, 0.2) is 12.1 Å². The predicted octanol–water partition coefficient (Wildman–Crippen LogP) is 2.11. The van der Waals surface area contributed by atoms with Crippen molar-refractivity contribution in [3.8, 4) is 0 Å². The van der Waals surface area contributed by atoms with E-state index in [1.807, 2.05) is 11.0 Å². The zero-order valence-electron chi connectivity index (χ0n) is 13.0. The van der Waals surface area contributed by atoms with E-state index in [2.05, 4.69) is 11.9 Å². The number of aryl methyl sites for hydroxylation is 1. The minimum atomic E-state index is 0.0670. The molecule has 1 aliphatic heterocycles. The first-order valence-corrected chi connectivity index (χ1v) is 7.68. The average molecular weight is 291 g/mol. The Bertz CT molecular complexity index is 482. The summed E-state index contributed by atoms with van der Waals surface area (Å²) in [4.78, 5) is 18.8. The largest absolute Gasteiger partial charge is 0.384 e. The molecule has 21 heavy (non-hydrogen) atoms. The van der Waals surface area contributed by atoms with Crippen LogP contribution in [0.5, 0.6) is 0 Å². The first-order valence-electron chi connectivity index (χ1n) is 7.68. The van der Waals surface area contributed by atoms with Crippen LogP contribution in [-0.4, -0.2) is 42.6 Å². The zero-order valence-corrected chi connectivity index (χ0v) is 13.0. The van der Waals surface area contributed by atoms with Crippen molar-refractivity contribution in [1.82, 2.24) is 9.88 Å². The van der Waals surface area contributed by atoms with E-state index in [0.29, 0.717) is 17.3 Å². The smallest absolute Gasteiger partial charge is 0.254 e. The Balaban J connectivity index is 2.03. The number of pyridine rings is 1. The fourth-order valence-corrected chi connectivity index (χ4v) is 2.84. The number of piperidine rings is 1. The summed E-state index contributed by atoms with van der Waals surface area (Å²) in [5, 5.41) is 0. The van der Waals surface area contributed by atoms with Crippen molar-refractivity contribution in [2.75, 3.05) is 32.5 Å². The van der Waals surface area contributed by atoms with Crippen LogP contribution in [0.2, 0.25) is 0 Å². The quantitative estimate of drug-likeness (QED) is 0.902. The van der Waals surface area contributed by atoms with Gasteiger partial charge in [0.05, 0.1) is 0 Å². The molecular formula is C16H25N3O2. The fourth-order valence-electron chi connectivity index (χ4n) is 2.84. The minimum Gasteiger partial charge on any atom is -0.384 e. The number of aromatic nitrogens is 1. The molecule has 1 fully saturated rings. The van der Waals surface area contributed by atoms with Gasteiger partial charge in [-0.15, -0.1) is 0 Å². The van der Waals surface area contributed by atoms with E-state index in [1.54, 1.807) is 13.2 Å². The number of hydrogen-bond donors (Lipinski definition) is 1. The predicted molar refractivity (Wildman–Crippen MR) is 83.1 cm³/mol. The number of hydrogen-bond acceptors (Lipinski definition) is 4. The number of methoxy groups -OCH3 is 1. The number of anilines is 1. The molecule has 1 amide bonds. The highest BCUT2D eigenvalue weighted by Crippen LogP contribution is 2.20. The van der Waals surface area contributed by atoms with Crippen LogP contribution in [0, 0.1) is 5.92 Å². The van der Waals surface area contributed by atoms with Crippen LogP contribution < -0.4 is 5.73 Å². The lowest BCUT2D eigenvalue weighted by atomic mass is 9.97. The second kappa shape index (κ2) is 7.41. The average Bonchev–Trinajstić information content (AvgIpc) is 2.47. The molecule has 116 valence electrons. The molecule has 1 aliphatic rings. The maximum absolute atomic E-state index is 12.6. The second-order valence-electron chi connectivity index (χ2n) is 5.71. The summed E-state index contributed by atoms with van der Waals surface area (Å²) in [5.74, 6) is 1.06. The highest BCUT2D eigenvalue weighted by Gasteiger charge is 2.24. The van der Waals surface area contributed by atoms with Gasteiger partial charge in [0.2, 0.25) is 0 Å². The van der Waals surface area contributed by atoms with Gasteiger partial charge in [-0.3, -0.25) is 4.79 Å². The summed E-state index contributed by atoms with van der Waals surface area (Å²) in [5.41, 5.74) is 7.38. The number of likely N-dealkylation sites (tertiary alicyclic amines) is 1. The van der Waals surface area contributed by atoms with E-state index in [-0.39, 0.29) is 5.91 Å². The van der Waals surface area contributed by atoms with Gasteiger partial charge in [-0.1, -0.05) is 13.3 Å². The molecule has 1 aromatic rings. The van der Waals surface area contributed by atoms with Gasteiger partial charge in [-0.05, 0) is 37.3 Å². The number of carbonyl (C=O) groups is 1. The molecule has 1 aromatic heterocycles. The molecule has 0 unspecified atom stereocenters. The summed E-state index contributed by atoms with van der Waals surface area (Å²) >= 11 is 0. The summed E-state index contributed by atoms with van der Waals surface area (Å²) in [7, 11) is 1.73. The van der Waals surface area contributed by atoms with E-state index >= 15 is 0 Å². The van der Waals surface area contributed by atoms with Gasteiger partial charge in [0.15, 0.2) is 0 Å². The summed E-state index contributed by atoms with van der Waals surface area (Å²) in [6.45, 7) is 4.45. The normalized spacial score (nSPS) is 16.2. The maximum Gasteiger partial charge on any atom is 0.254 e. The Morgan fingerprint density at radius 2 is 2.14 bits per heavy atom. The van der Waals surface area contributed by atoms with E-state index in [1.165, 1.54) is 0 Å². The highest BCUT2D eigenvalue weighted by molar-refractivity contribution is 5.95. The van der Waals surface area contributed by atoms with Crippen molar-refractivity contribution >= 4 is 11.7 Å². The third kappa shape index (κ3) is 4.17. The number of ether oxygens (including phenoxy) is 1. The molecule has 5 heteroatoms. The van der Waals surface area contributed by atoms with Crippen LogP contribution in [0.4, 0.5) is 5.82 Å². The molecule has 0 bridgehead atoms. The van der Waals surface area contributed by atoms with Crippen LogP contribution in [0.25, 0.3) is 0 Å². The van der Waals surface area contributed by atoms with Crippen molar-refractivity contribution in [3.05, 3.63) is 23.4 Å². The van der Waals surface area contributed by atoms with Crippen LogP contribution in [-0.2, 0) is 11.2 Å². The number of nitrogen functional groups attached to an aromatic ring is 1. The van der Waals surface area contributed by atoms with Crippen molar-refractivity contribution in [3.63, 3.8) is 0 Å². The van der Waals surface area contributed by atoms with Gasteiger partial charge in [-0.25, -0.2) is 4.98 Å². The molecule has 5 nitrogen and oxygen atoms in total. The molecule has 0 radical (unpaired) electrons. The Labute approximate surface area is 126 Å². The number of amides is 1. The molecule has 2 rings (SSSR count). The van der Waals surface area contributed by atoms with Gasteiger partial charge in [0.25, 0.3) is 5.91 Å². The third-order valence-electron chi connectivity index (χ3n) is 3.96.